The Morgan fingerprint density at radius 2 is 2.08 bits per heavy atom. The van der Waals surface area contributed by atoms with E-state index < -0.39 is 6.10 Å². The molecule has 1 rings (SSSR count). The van der Waals surface area contributed by atoms with Crippen molar-refractivity contribution in [3.63, 3.8) is 0 Å². The maximum Gasteiger partial charge on any atom is 0.286 e. The standard InChI is InChI=1S/C10H11NO2/c11-8-13-10(7-12)6-9-4-2-1-3-5-9/h1-5,10,12H,6-7H2. The van der Waals surface area contributed by atoms with Crippen LogP contribution in [0.15, 0.2) is 30.3 Å². The molecule has 1 aromatic carbocycles. The molecule has 0 saturated heterocycles. The first-order valence-corrected chi connectivity index (χ1v) is 4.06. The molecule has 0 fully saturated rings. The fraction of sp³-hybridized carbons (Fsp3) is 0.300. The van der Waals surface area contributed by atoms with Crippen LogP contribution in [0.2, 0.25) is 0 Å². The van der Waals surface area contributed by atoms with Crippen LogP contribution in [-0.2, 0) is 11.2 Å². The van der Waals surface area contributed by atoms with Gasteiger partial charge in [-0.25, -0.2) is 0 Å². The molecule has 3 heteroatoms. The van der Waals surface area contributed by atoms with Gasteiger partial charge in [0.25, 0.3) is 6.26 Å². The van der Waals surface area contributed by atoms with Crippen LogP contribution in [0.25, 0.3) is 0 Å². The van der Waals surface area contributed by atoms with Gasteiger partial charge in [0.05, 0.1) is 6.61 Å². The van der Waals surface area contributed by atoms with Crippen molar-refractivity contribution in [2.45, 2.75) is 12.5 Å². The van der Waals surface area contributed by atoms with Gasteiger partial charge in [-0.2, -0.15) is 5.26 Å². The van der Waals surface area contributed by atoms with Crippen molar-refractivity contribution in [3.8, 4) is 6.26 Å². The van der Waals surface area contributed by atoms with Crippen molar-refractivity contribution in [3.05, 3.63) is 35.9 Å². The highest BCUT2D eigenvalue weighted by Crippen LogP contribution is 2.04. The van der Waals surface area contributed by atoms with Gasteiger partial charge in [-0.3, -0.25) is 0 Å². The molecule has 0 aliphatic carbocycles. The van der Waals surface area contributed by atoms with Gasteiger partial charge in [-0.1, -0.05) is 30.3 Å². The summed E-state index contributed by atoms with van der Waals surface area (Å²) < 4.78 is 4.65. The first-order valence-electron chi connectivity index (χ1n) is 4.06. The van der Waals surface area contributed by atoms with E-state index in [1.807, 2.05) is 30.3 Å². The molecular formula is C10H11NO2. The Kier molecular flexibility index (Phi) is 3.80. The van der Waals surface area contributed by atoms with Gasteiger partial charge in [0, 0.05) is 6.42 Å². The van der Waals surface area contributed by atoms with Crippen LogP contribution in [-0.4, -0.2) is 17.8 Å². The normalized spacial score (nSPS) is 11.7. The lowest BCUT2D eigenvalue weighted by molar-refractivity contribution is 0.0890. The predicted octanol–water partition coefficient (Wildman–Crippen LogP) is 1.09. The monoisotopic (exact) mass is 177 g/mol. The van der Waals surface area contributed by atoms with Gasteiger partial charge < -0.3 is 9.84 Å². The van der Waals surface area contributed by atoms with Gasteiger partial charge in [-0.15, -0.1) is 0 Å². The third kappa shape index (κ3) is 3.14. The number of hydrogen-bond acceptors (Lipinski definition) is 3. The molecule has 0 heterocycles. The average Bonchev–Trinajstić information content (AvgIpc) is 2.19. The molecule has 0 bridgehead atoms. The Morgan fingerprint density at radius 3 is 2.62 bits per heavy atom. The Labute approximate surface area is 77.2 Å². The molecule has 1 atom stereocenters. The summed E-state index contributed by atoms with van der Waals surface area (Å²) in [5, 5.41) is 17.1. The summed E-state index contributed by atoms with van der Waals surface area (Å²) in [6.45, 7) is -0.136. The van der Waals surface area contributed by atoms with Gasteiger partial charge in [0.1, 0.15) is 6.10 Å². The molecule has 0 aliphatic rings. The maximum absolute atomic E-state index is 8.84. The third-order valence-corrected chi connectivity index (χ3v) is 1.73. The summed E-state index contributed by atoms with van der Waals surface area (Å²) in [4.78, 5) is 0. The average molecular weight is 177 g/mol. The van der Waals surface area contributed by atoms with Crippen LogP contribution in [0.4, 0.5) is 0 Å². The van der Waals surface area contributed by atoms with Crippen molar-refractivity contribution in [2.75, 3.05) is 6.61 Å². The van der Waals surface area contributed by atoms with Crippen molar-refractivity contribution in [1.29, 1.82) is 5.26 Å². The van der Waals surface area contributed by atoms with Crippen LogP contribution in [0.1, 0.15) is 5.56 Å². The van der Waals surface area contributed by atoms with E-state index in [4.69, 9.17) is 10.4 Å². The predicted molar refractivity (Wildman–Crippen MR) is 47.7 cm³/mol. The van der Waals surface area contributed by atoms with E-state index in [2.05, 4.69) is 4.74 Å². The van der Waals surface area contributed by atoms with E-state index in [9.17, 15) is 0 Å². The quantitative estimate of drug-likeness (QED) is 0.700. The minimum absolute atomic E-state index is 0.136. The molecule has 1 N–H and O–H groups in total. The smallest absolute Gasteiger partial charge is 0.286 e. The maximum atomic E-state index is 8.84. The van der Waals surface area contributed by atoms with E-state index in [0.717, 1.165) is 5.56 Å². The van der Waals surface area contributed by atoms with Crippen LogP contribution >= 0.6 is 0 Å². The zero-order valence-corrected chi connectivity index (χ0v) is 7.18. The molecule has 13 heavy (non-hydrogen) atoms. The number of ether oxygens (including phenoxy) is 1. The van der Waals surface area contributed by atoms with Gasteiger partial charge in [0.15, 0.2) is 0 Å². The Balaban J connectivity index is 2.53. The summed E-state index contributed by atoms with van der Waals surface area (Å²) in [7, 11) is 0. The lowest BCUT2D eigenvalue weighted by atomic mass is 10.1. The van der Waals surface area contributed by atoms with E-state index in [1.54, 1.807) is 6.26 Å². The molecule has 0 saturated carbocycles. The Hall–Kier alpha value is -1.53. The topological polar surface area (TPSA) is 53.2 Å². The summed E-state index contributed by atoms with van der Waals surface area (Å²) >= 11 is 0. The van der Waals surface area contributed by atoms with Crippen molar-refractivity contribution >= 4 is 0 Å². The zero-order valence-electron chi connectivity index (χ0n) is 7.18. The molecule has 0 radical (unpaired) electrons. The highest BCUT2D eigenvalue weighted by atomic mass is 16.5. The van der Waals surface area contributed by atoms with Gasteiger partial charge in [0.2, 0.25) is 0 Å². The van der Waals surface area contributed by atoms with Gasteiger partial charge in [-0.05, 0) is 5.56 Å². The summed E-state index contributed by atoms with van der Waals surface area (Å²) in [5.74, 6) is 0. The SMILES string of the molecule is N#COC(CO)Cc1ccccc1. The lowest BCUT2D eigenvalue weighted by Gasteiger charge is -2.09. The summed E-state index contributed by atoms with van der Waals surface area (Å²) in [6, 6.07) is 9.61. The molecule has 0 spiro atoms. The molecule has 1 aromatic rings. The number of nitriles is 1. The Morgan fingerprint density at radius 1 is 1.38 bits per heavy atom. The van der Waals surface area contributed by atoms with Gasteiger partial charge >= 0.3 is 0 Å². The second kappa shape index (κ2) is 5.18. The van der Waals surface area contributed by atoms with Crippen LogP contribution < -0.4 is 0 Å². The molecule has 1 unspecified atom stereocenters. The van der Waals surface area contributed by atoms with E-state index in [-0.39, 0.29) is 6.61 Å². The molecule has 0 amide bonds. The minimum atomic E-state index is -0.424. The lowest BCUT2D eigenvalue weighted by Crippen LogP contribution is -2.18. The van der Waals surface area contributed by atoms with Crippen molar-refractivity contribution in [1.82, 2.24) is 0 Å². The van der Waals surface area contributed by atoms with Crippen LogP contribution in [0, 0.1) is 11.5 Å². The fourth-order valence-electron chi connectivity index (χ4n) is 1.10. The second-order valence-corrected chi connectivity index (χ2v) is 2.70. The highest BCUT2D eigenvalue weighted by molar-refractivity contribution is 5.15. The van der Waals surface area contributed by atoms with Crippen molar-refractivity contribution < 1.29 is 9.84 Å². The Bertz CT molecular complexity index is 279. The first-order chi connectivity index (χ1) is 6.36. The molecule has 3 nitrogen and oxygen atoms in total. The van der Waals surface area contributed by atoms with E-state index >= 15 is 0 Å². The molecular weight excluding hydrogens is 166 g/mol. The first kappa shape index (κ1) is 9.56. The number of rotatable bonds is 4. The second-order valence-electron chi connectivity index (χ2n) is 2.70. The number of aliphatic hydroxyl groups excluding tert-OH is 1. The van der Waals surface area contributed by atoms with E-state index in [1.165, 1.54) is 0 Å². The van der Waals surface area contributed by atoms with Crippen molar-refractivity contribution in [2.24, 2.45) is 0 Å². The number of benzene rings is 1. The minimum Gasteiger partial charge on any atom is -0.421 e. The largest absolute Gasteiger partial charge is 0.421 e. The zero-order chi connectivity index (χ0) is 9.52. The molecule has 68 valence electrons. The number of nitrogens with zero attached hydrogens (tertiary/aromatic N) is 1. The van der Waals surface area contributed by atoms with Crippen LogP contribution in [0.3, 0.4) is 0 Å². The fourth-order valence-corrected chi connectivity index (χ4v) is 1.10. The van der Waals surface area contributed by atoms with E-state index in [0.29, 0.717) is 6.42 Å². The highest BCUT2D eigenvalue weighted by Gasteiger charge is 2.08. The molecule has 0 aromatic heterocycles. The third-order valence-electron chi connectivity index (χ3n) is 1.73. The summed E-state index contributed by atoms with van der Waals surface area (Å²) in [6.07, 6.45) is 1.72. The number of hydrogen-bond donors (Lipinski definition) is 1. The molecule has 0 aliphatic heterocycles. The van der Waals surface area contributed by atoms with Crippen LogP contribution in [0.5, 0.6) is 0 Å². The summed E-state index contributed by atoms with van der Waals surface area (Å²) in [5.41, 5.74) is 1.05. The number of aliphatic hydroxyl groups is 1.